The van der Waals surface area contributed by atoms with Crippen LogP contribution in [0.4, 0.5) is 4.39 Å². The number of hydrogen-bond acceptors (Lipinski definition) is 3. The molecule has 1 aromatic carbocycles. The summed E-state index contributed by atoms with van der Waals surface area (Å²) in [5.41, 5.74) is -0.731. The number of aliphatic hydroxyl groups is 1. The number of piperidine rings is 1. The van der Waals surface area contributed by atoms with Gasteiger partial charge in [-0.2, -0.15) is 0 Å². The third kappa shape index (κ3) is 1.73. The van der Waals surface area contributed by atoms with Crippen LogP contribution in [0.1, 0.15) is 18.6 Å². The molecule has 4 heteroatoms. The quantitative estimate of drug-likeness (QED) is 0.796. The molecule has 0 saturated carbocycles. The minimum absolute atomic E-state index is 0.231. The molecule has 1 aliphatic rings. The van der Waals surface area contributed by atoms with E-state index in [1.807, 2.05) is 0 Å². The van der Waals surface area contributed by atoms with Gasteiger partial charge in [0.25, 0.3) is 0 Å². The van der Waals surface area contributed by atoms with Crippen molar-refractivity contribution >= 4 is 11.0 Å². The summed E-state index contributed by atoms with van der Waals surface area (Å²) in [4.78, 5) is 0. The lowest BCUT2D eigenvalue weighted by atomic mass is 9.90. The summed E-state index contributed by atoms with van der Waals surface area (Å²) in [6.07, 6.45) is 1.18. The number of para-hydroxylation sites is 1. The fourth-order valence-electron chi connectivity index (χ4n) is 2.34. The number of rotatable bonds is 1. The highest BCUT2D eigenvalue weighted by atomic mass is 19.1. The molecule has 0 spiro atoms. The largest absolute Gasteiger partial charge is 0.455 e. The Hall–Kier alpha value is -1.39. The molecule has 1 fully saturated rings. The Morgan fingerprint density at radius 1 is 1.29 bits per heavy atom. The van der Waals surface area contributed by atoms with Crippen LogP contribution in [-0.4, -0.2) is 18.2 Å². The molecule has 0 radical (unpaired) electrons. The van der Waals surface area contributed by atoms with Crippen molar-refractivity contribution in [2.75, 3.05) is 13.1 Å². The van der Waals surface area contributed by atoms with E-state index in [2.05, 4.69) is 5.32 Å². The highest BCUT2D eigenvalue weighted by Crippen LogP contribution is 2.34. The van der Waals surface area contributed by atoms with Crippen LogP contribution < -0.4 is 5.32 Å². The van der Waals surface area contributed by atoms with Crippen LogP contribution in [0.3, 0.4) is 0 Å². The molecule has 2 N–H and O–H groups in total. The smallest absolute Gasteiger partial charge is 0.170 e. The number of fused-ring (bicyclic) bond motifs is 1. The second-order valence-electron chi connectivity index (χ2n) is 4.55. The molecule has 90 valence electrons. The maximum atomic E-state index is 13.5. The van der Waals surface area contributed by atoms with Crippen LogP contribution in [0, 0.1) is 5.82 Å². The van der Waals surface area contributed by atoms with Crippen LogP contribution in [0.2, 0.25) is 0 Å². The number of furan rings is 1. The first-order valence-electron chi connectivity index (χ1n) is 5.81. The normalized spacial score (nSPS) is 19.6. The second-order valence-corrected chi connectivity index (χ2v) is 4.55. The summed E-state index contributed by atoms with van der Waals surface area (Å²) in [5, 5.41) is 14.4. The van der Waals surface area contributed by atoms with Crippen molar-refractivity contribution in [3.63, 3.8) is 0 Å². The lowest BCUT2D eigenvalue weighted by Gasteiger charge is -2.30. The topological polar surface area (TPSA) is 45.4 Å². The predicted molar refractivity (Wildman–Crippen MR) is 62.2 cm³/mol. The van der Waals surface area contributed by atoms with E-state index in [0.29, 0.717) is 24.0 Å². The van der Waals surface area contributed by atoms with E-state index in [1.165, 1.54) is 6.07 Å². The first-order valence-corrected chi connectivity index (χ1v) is 5.81. The summed E-state index contributed by atoms with van der Waals surface area (Å²) in [6.45, 7) is 1.49. The van der Waals surface area contributed by atoms with Gasteiger partial charge in [0.1, 0.15) is 11.4 Å². The third-order valence-electron chi connectivity index (χ3n) is 3.39. The molecule has 2 heterocycles. The van der Waals surface area contributed by atoms with Crippen molar-refractivity contribution in [1.29, 1.82) is 0 Å². The third-order valence-corrected chi connectivity index (χ3v) is 3.39. The first-order chi connectivity index (χ1) is 8.19. The van der Waals surface area contributed by atoms with Gasteiger partial charge in [-0.05, 0) is 38.1 Å². The van der Waals surface area contributed by atoms with Crippen LogP contribution in [0.25, 0.3) is 11.0 Å². The van der Waals surface area contributed by atoms with E-state index in [4.69, 9.17) is 4.42 Å². The highest BCUT2D eigenvalue weighted by molar-refractivity contribution is 5.78. The maximum absolute atomic E-state index is 13.5. The molecule has 1 aliphatic heterocycles. The highest BCUT2D eigenvalue weighted by Gasteiger charge is 2.34. The van der Waals surface area contributed by atoms with Gasteiger partial charge in [0.05, 0.1) is 0 Å². The molecule has 3 nitrogen and oxygen atoms in total. The van der Waals surface area contributed by atoms with Gasteiger partial charge in [-0.15, -0.1) is 0 Å². The van der Waals surface area contributed by atoms with Crippen LogP contribution >= 0.6 is 0 Å². The number of benzene rings is 1. The minimum Gasteiger partial charge on any atom is -0.455 e. The monoisotopic (exact) mass is 235 g/mol. The zero-order valence-electron chi connectivity index (χ0n) is 9.37. The average molecular weight is 235 g/mol. The molecule has 0 amide bonds. The summed E-state index contributed by atoms with van der Waals surface area (Å²) in [6, 6.07) is 6.53. The summed E-state index contributed by atoms with van der Waals surface area (Å²) >= 11 is 0. The molecule has 1 aromatic heterocycles. The molecule has 3 rings (SSSR count). The van der Waals surface area contributed by atoms with E-state index >= 15 is 0 Å². The van der Waals surface area contributed by atoms with E-state index in [1.54, 1.807) is 18.2 Å². The van der Waals surface area contributed by atoms with Gasteiger partial charge in [0, 0.05) is 5.39 Å². The van der Waals surface area contributed by atoms with Gasteiger partial charge in [-0.25, -0.2) is 4.39 Å². The van der Waals surface area contributed by atoms with E-state index in [9.17, 15) is 9.50 Å². The Balaban J connectivity index is 2.08. The minimum atomic E-state index is -0.962. The van der Waals surface area contributed by atoms with Gasteiger partial charge in [0.2, 0.25) is 0 Å². The summed E-state index contributed by atoms with van der Waals surface area (Å²) < 4.78 is 19.0. The van der Waals surface area contributed by atoms with Crippen molar-refractivity contribution < 1.29 is 13.9 Å². The Labute approximate surface area is 98.2 Å². The van der Waals surface area contributed by atoms with Crippen molar-refractivity contribution in [3.05, 3.63) is 35.8 Å². The Morgan fingerprint density at radius 2 is 2.06 bits per heavy atom. The molecule has 2 aromatic rings. The Morgan fingerprint density at radius 3 is 2.76 bits per heavy atom. The Kier molecular flexibility index (Phi) is 2.42. The van der Waals surface area contributed by atoms with E-state index in [-0.39, 0.29) is 11.4 Å². The van der Waals surface area contributed by atoms with Crippen molar-refractivity contribution in [1.82, 2.24) is 5.32 Å². The predicted octanol–water partition coefficient (Wildman–Crippen LogP) is 2.14. The van der Waals surface area contributed by atoms with Gasteiger partial charge in [0.15, 0.2) is 11.4 Å². The molecule has 0 aliphatic carbocycles. The van der Waals surface area contributed by atoms with Crippen LogP contribution in [0.15, 0.2) is 28.7 Å². The van der Waals surface area contributed by atoms with Crippen molar-refractivity contribution in [2.24, 2.45) is 0 Å². The van der Waals surface area contributed by atoms with Crippen molar-refractivity contribution in [2.45, 2.75) is 18.4 Å². The van der Waals surface area contributed by atoms with Gasteiger partial charge in [-0.1, -0.05) is 12.1 Å². The lowest BCUT2D eigenvalue weighted by molar-refractivity contribution is -0.0125. The van der Waals surface area contributed by atoms with Crippen LogP contribution in [-0.2, 0) is 5.60 Å². The van der Waals surface area contributed by atoms with E-state index in [0.717, 1.165) is 13.1 Å². The average Bonchev–Trinajstić information content (AvgIpc) is 2.76. The fraction of sp³-hybridized carbons (Fsp3) is 0.385. The van der Waals surface area contributed by atoms with Crippen molar-refractivity contribution in [3.8, 4) is 0 Å². The molecule has 0 unspecified atom stereocenters. The second kappa shape index (κ2) is 3.82. The zero-order chi connectivity index (χ0) is 11.9. The van der Waals surface area contributed by atoms with Gasteiger partial charge < -0.3 is 14.8 Å². The van der Waals surface area contributed by atoms with Gasteiger partial charge >= 0.3 is 0 Å². The van der Waals surface area contributed by atoms with Gasteiger partial charge in [-0.3, -0.25) is 0 Å². The summed E-state index contributed by atoms with van der Waals surface area (Å²) in [5.74, 6) is 0.0883. The fourth-order valence-corrected chi connectivity index (χ4v) is 2.34. The first kappa shape index (κ1) is 10.7. The standard InChI is InChI=1S/C13H14FNO2/c14-10-3-1-2-9-8-11(17-12(9)10)13(16)4-6-15-7-5-13/h1-3,8,15-16H,4-7H2. The van der Waals surface area contributed by atoms with Crippen LogP contribution in [0.5, 0.6) is 0 Å². The SMILES string of the molecule is OC1(c2cc3cccc(F)c3o2)CCNCC1. The molecular weight excluding hydrogens is 221 g/mol. The molecular formula is C13H14FNO2. The molecule has 0 bridgehead atoms. The number of halogens is 1. The summed E-state index contributed by atoms with van der Waals surface area (Å²) in [7, 11) is 0. The molecule has 0 atom stereocenters. The molecule has 17 heavy (non-hydrogen) atoms. The zero-order valence-corrected chi connectivity index (χ0v) is 9.37. The Bertz CT molecular complexity index is 543. The number of nitrogens with one attached hydrogen (secondary N) is 1. The maximum Gasteiger partial charge on any atom is 0.170 e. The number of hydrogen-bond donors (Lipinski definition) is 2. The van der Waals surface area contributed by atoms with E-state index < -0.39 is 5.60 Å². The lowest BCUT2D eigenvalue weighted by Crippen LogP contribution is -2.39. The molecule has 1 saturated heterocycles.